The van der Waals surface area contributed by atoms with Crippen LogP contribution in [-0.4, -0.2) is 61.0 Å². The highest BCUT2D eigenvalue weighted by molar-refractivity contribution is 6.30. The van der Waals surface area contributed by atoms with E-state index in [0.717, 1.165) is 41.7 Å². The normalized spacial score (nSPS) is 17.4. The molecule has 4 rings (SSSR count). The lowest BCUT2D eigenvalue weighted by Crippen LogP contribution is -2.35. The van der Waals surface area contributed by atoms with E-state index in [9.17, 15) is 9.90 Å². The third-order valence-corrected chi connectivity index (χ3v) is 5.64. The molecular weight excluding hydrogens is 428 g/mol. The number of nitrogens with zero attached hydrogens (tertiary/aromatic N) is 1. The van der Waals surface area contributed by atoms with Crippen molar-refractivity contribution in [2.75, 3.05) is 38.2 Å². The molecule has 2 N–H and O–H groups in total. The second-order valence-corrected chi connectivity index (χ2v) is 8.46. The van der Waals surface area contributed by atoms with Gasteiger partial charge in [0.25, 0.3) is 0 Å². The van der Waals surface area contributed by atoms with Crippen LogP contribution in [0.2, 0.25) is 5.02 Å². The van der Waals surface area contributed by atoms with Crippen LogP contribution >= 0.6 is 11.6 Å². The first-order chi connectivity index (χ1) is 15.5. The van der Waals surface area contributed by atoms with Gasteiger partial charge in [-0.05, 0) is 53.6 Å². The van der Waals surface area contributed by atoms with Crippen LogP contribution in [0.1, 0.15) is 6.42 Å². The number of fused-ring (bicyclic) bond motifs is 1. The number of hydrogen-bond donors (Lipinski definition) is 2. The quantitative estimate of drug-likeness (QED) is 0.512. The van der Waals surface area contributed by atoms with Crippen LogP contribution < -0.4 is 10.1 Å². The smallest absolute Gasteiger partial charge is 0.250 e. The summed E-state index contributed by atoms with van der Waals surface area (Å²) in [5.41, 5.74) is 0.724. The molecule has 1 aliphatic rings. The number of carbonyl (C=O) groups excluding carboxylic acids is 1. The predicted octanol–water partition coefficient (Wildman–Crippen LogP) is 3.96. The van der Waals surface area contributed by atoms with Crippen molar-refractivity contribution in [2.45, 2.75) is 18.6 Å². The molecular formula is C25H27ClN2O4. The van der Waals surface area contributed by atoms with E-state index < -0.39 is 6.10 Å². The largest absolute Gasteiger partial charge is 0.489 e. The Balaban J connectivity index is 1.14. The van der Waals surface area contributed by atoms with E-state index in [4.69, 9.17) is 21.1 Å². The van der Waals surface area contributed by atoms with Gasteiger partial charge in [-0.1, -0.05) is 41.9 Å². The number of halogens is 1. The third kappa shape index (κ3) is 6.43. The molecule has 7 heteroatoms. The first-order valence-corrected chi connectivity index (χ1v) is 11.1. The summed E-state index contributed by atoms with van der Waals surface area (Å²) >= 11 is 5.90. The molecule has 6 nitrogen and oxygen atoms in total. The number of nitrogens with one attached hydrogen (secondary N) is 1. The summed E-state index contributed by atoms with van der Waals surface area (Å²) in [4.78, 5) is 14.3. The molecule has 3 aromatic carbocycles. The van der Waals surface area contributed by atoms with E-state index in [-0.39, 0.29) is 25.2 Å². The summed E-state index contributed by atoms with van der Waals surface area (Å²) in [6.07, 6.45) is 0.305. The molecule has 0 spiro atoms. The molecule has 3 aromatic rings. The van der Waals surface area contributed by atoms with Gasteiger partial charge in [0.1, 0.15) is 18.5 Å². The lowest BCUT2D eigenvalue weighted by atomic mass is 10.1. The van der Waals surface area contributed by atoms with Crippen molar-refractivity contribution in [3.8, 4) is 5.75 Å². The van der Waals surface area contributed by atoms with E-state index in [0.29, 0.717) is 11.6 Å². The number of hydrogen-bond acceptors (Lipinski definition) is 5. The molecule has 1 saturated heterocycles. The van der Waals surface area contributed by atoms with Crippen molar-refractivity contribution in [1.29, 1.82) is 0 Å². The highest BCUT2D eigenvalue weighted by atomic mass is 35.5. The first kappa shape index (κ1) is 22.6. The van der Waals surface area contributed by atoms with Crippen LogP contribution in [0.4, 0.5) is 5.69 Å². The van der Waals surface area contributed by atoms with Crippen LogP contribution in [0.25, 0.3) is 10.8 Å². The number of rotatable bonds is 9. The molecule has 2 atom stereocenters. The molecule has 0 radical (unpaired) electrons. The Bertz CT molecular complexity index is 1040. The number of benzene rings is 3. The molecule has 0 bridgehead atoms. The molecule has 32 heavy (non-hydrogen) atoms. The van der Waals surface area contributed by atoms with Crippen LogP contribution in [0, 0.1) is 0 Å². The van der Waals surface area contributed by atoms with Crippen LogP contribution in [0.3, 0.4) is 0 Å². The Kier molecular flexibility index (Phi) is 7.60. The maximum atomic E-state index is 12.2. The number of anilines is 1. The second-order valence-electron chi connectivity index (χ2n) is 8.02. The Hall–Kier alpha value is -2.64. The summed E-state index contributed by atoms with van der Waals surface area (Å²) in [5, 5.41) is 16.0. The molecule has 1 aliphatic heterocycles. The van der Waals surface area contributed by atoms with Crippen molar-refractivity contribution in [2.24, 2.45) is 0 Å². The van der Waals surface area contributed by atoms with Gasteiger partial charge in [0.15, 0.2) is 0 Å². The van der Waals surface area contributed by atoms with Gasteiger partial charge in [0, 0.05) is 30.3 Å². The lowest BCUT2D eigenvalue weighted by Gasteiger charge is -2.20. The highest BCUT2D eigenvalue weighted by Crippen LogP contribution is 2.21. The summed E-state index contributed by atoms with van der Waals surface area (Å²) < 4.78 is 11.4. The number of likely N-dealkylation sites (tertiary alicyclic amines) is 1. The van der Waals surface area contributed by atoms with Crippen LogP contribution in [-0.2, 0) is 9.53 Å². The van der Waals surface area contributed by atoms with Gasteiger partial charge in [-0.2, -0.15) is 0 Å². The Morgan fingerprint density at radius 3 is 2.72 bits per heavy atom. The molecule has 0 aliphatic carbocycles. The van der Waals surface area contributed by atoms with Crippen molar-refractivity contribution in [3.05, 3.63) is 71.8 Å². The predicted molar refractivity (Wildman–Crippen MR) is 126 cm³/mol. The van der Waals surface area contributed by atoms with Crippen LogP contribution in [0.5, 0.6) is 5.75 Å². The molecule has 168 valence electrons. The standard InChI is InChI=1S/C25H27ClN2O4/c26-20-6-9-23(10-7-20)32-24-11-12-28(15-24)14-22(29)16-31-17-25(30)27-21-8-5-18-3-1-2-4-19(18)13-21/h1-10,13,22,24,29H,11-12,14-17H2,(H,27,30). The maximum Gasteiger partial charge on any atom is 0.250 e. The Morgan fingerprint density at radius 1 is 1.12 bits per heavy atom. The minimum Gasteiger partial charge on any atom is -0.489 e. The van der Waals surface area contributed by atoms with Crippen molar-refractivity contribution in [1.82, 2.24) is 4.90 Å². The Labute approximate surface area is 192 Å². The number of aliphatic hydroxyl groups excluding tert-OH is 1. The number of β-amino-alcohol motifs (C(OH)–C–C–N with tert-alkyl or cyclic N) is 1. The first-order valence-electron chi connectivity index (χ1n) is 10.7. The molecule has 1 amide bonds. The summed E-state index contributed by atoms with van der Waals surface area (Å²) in [7, 11) is 0. The number of aliphatic hydroxyl groups is 1. The van der Waals surface area contributed by atoms with Crippen molar-refractivity contribution < 1.29 is 19.4 Å². The maximum absolute atomic E-state index is 12.2. The van der Waals surface area contributed by atoms with E-state index in [1.807, 2.05) is 54.6 Å². The molecule has 0 saturated carbocycles. The number of carbonyl (C=O) groups is 1. The fourth-order valence-corrected chi connectivity index (χ4v) is 3.99. The van der Waals surface area contributed by atoms with Crippen molar-refractivity contribution in [3.63, 3.8) is 0 Å². The SMILES string of the molecule is O=C(COCC(O)CN1CCC(Oc2ccc(Cl)cc2)C1)Nc1ccc2ccccc2c1. The number of ether oxygens (including phenoxy) is 2. The molecule has 0 aromatic heterocycles. The van der Waals surface area contributed by atoms with Crippen molar-refractivity contribution >= 4 is 34.0 Å². The Morgan fingerprint density at radius 2 is 1.91 bits per heavy atom. The second kappa shape index (κ2) is 10.8. The topological polar surface area (TPSA) is 71.0 Å². The molecule has 1 heterocycles. The monoisotopic (exact) mass is 454 g/mol. The van der Waals surface area contributed by atoms with E-state index in [1.54, 1.807) is 12.1 Å². The van der Waals surface area contributed by atoms with Gasteiger partial charge in [-0.3, -0.25) is 9.69 Å². The third-order valence-electron chi connectivity index (χ3n) is 5.39. The zero-order valence-corrected chi connectivity index (χ0v) is 18.5. The lowest BCUT2D eigenvalue weighted by molar-refractivity contribution is -0.121. The van der Waals surface area contributed by atoms with Gasteiger partial charge in [-0.15, -0.1) is 0 Å². The average molecular weight is 455 g/mol. The van der Waals surface area contributed by atoms with E-state index >= 15 is 0 Å². The minimum atomic E-state index is -0.669. The van der Waals surface area contributed by atoms with E-state index in [1.165, 1.54) is 0 Å². The highest BCUT2D eigenvalue weighted by Gasteiger charge is 2.25. The van der Waals surface area contributed by atoms with Crippen LogP contribution in [0.15, 0.2) is 66.7 Å². The van der Waals surface area contributed by atoms with Gasteiger partial charge in [0.05, 0.1) is 12.7 Å². The van der Waals surface area contributed by atoms with Gasteiger partial charge < -0.3 is 19.9 Å². The summed E-state index contributed by atoms with van der Waals surface area (Å²) in [6, 6.07) is 21.1. The minimum absolute atomic E-state index is 0.0806. The average Bonchev–Trinajstić information content (AvgIpc) is 3.21. The van der Waals surface area contributed by atoms with Gasteiger partial charge in [0.2, 0.25) is 5.91 Å². The zero-order chi connectivity index (χ0) is 22.3. The fraction of sp³-hybridized carbons (Fsp3) is 0.320. The summed E-state index contributed by atoms with van der Waals surface area (Å²) in [5.74, 6) is 0.549. The molecule has 2 unspecified atom stereocenters. The zero-order valence-electron chi connectivity index (χ0n) is 17.7. The number of amides is 1. The van der Waals surface area contributed by atoms with Gasteiger partial charge in [-0.25, -0.2) is 0 Å². The fourth-order valence-electron chi connectivity index (χ4n) is 3.87. The molecule has 1 fully saturated rings. The van der Waals surface area contributed by atoms with Gasteiger partial charge >= 0.3 is 0 Å². The van der Waals surface area contributed by atoms with E-state index in [2.05, 4.69) is 10.2 Å². The summed E-state index contributed by atoms with van der Waals surface area (Å²) in [6.45, 7) is 2.06.